The van der Waals surface area contributed by atoms with Crippen LogP contribution in [0.5, 0.6) is 0 Å². The van der Waals surface area contributed by atoms with Crippen molar-refractivity contribution in [3.63, 3.8) is 0 Å². The van der Waals surface area contributed by atoms with Crippen molar-refractivity contribution in [3.05, 3.63) is 16.0 Å². The van der Waals surface area contributed by atoms with Gasteiger partial charge in [-0.15, -0.1) is 11.3 Å². The van der Waals surface area contributed by atoms with E-state index in [1.807, 2.05) is 0 Å². The second-order valence-electron chi connectivity index (χ2n) is 4.00. The fourth-order valence-corrected chi connectivity index (χ4v) is 2.65. The van der Waals surface area contributed by atoms with Crippen molar-refractivity contribution < 1.29 is 19.1 Å². The summed E-state index contributed by atoms with van der Waals surface area (Å²) in [5, 5.41) is 21.1. The van der Waals surface area contributed by atoms with Crippen molar-refractivity contribution in [2.24, 2.45) is 5.10 Å². The summed E-state index contributed by atoms with van der Waals surface area (Å²) in [6, 6.07) is 3.17. The van der Waals surface area contributed by atoms with E-state index in [2.05, 4.69) is 10.5 Å². The van der Waals surface area contributed by atoms with Gasteiger partial charge in [-0.25, -0.2) is 9.59 Å². The highest BCUT2D eigenvalue weighted by Crippen LogP contribution is 2.34. The van der Waals surface area contributed by atoms with Gasteiger partial charge < -0.3 is 9.47 Å². The number of nitrogens with one attached hydrogen (secondary N) is 1. The standard InChI is InChI=1S/C14H14N4O4S/c1-4-21-13(19)10-8(3)11(14(20)22-5-2)23-12(10)18-17-9(6-15)7-16/h18H,4-5H2,1-3H3. The third kappa shape index (κ3) is 4.28. The molecule has 0 unspecified atom stereocenters. The average molecular weight is 334 g/mol. The topological polar surface area (TPSA) is 125 Å². The molecule has 1 aromatic heterocycles. The van der Waals surface area contributed by atoms with Gasteiger partial charge in [0.15, 0.2) is 0 Å². The summed E-state index contributed by atoms with van der Waals surface area (Å²) < 4.78 is 9.89. The molecule has 1 rings (SSSR count). The third-order valence-corrected chi connectivity index (χ3v) is 3.74. The number of ether oxygens (including phenoxy) is 2. The van der Waals surface area contributed by atoms with Crippen LogP contribution < -0.4 is 5.43 Å². The number of nitrogens with zero attached hydrogens (tertiary/aromatic N) is 3. The number of carbonyl (C=O) groups is 2. The van der Waals surface area contributed by atoms with Crippen LogP contribution in [-0.2, 0) is 9.47 Å². The molecule has 9 heteroatoms. The van der Waals surface area contributed by atoms with Crippen molar-refractivity contribution in [1.29, 1.82) is 10.5 Å². The van der Waals surface area contributed by atoms with Crippen LogP contribution >= 0.6 is 11.3 Å². The van der Waals surface area contributed by atoms with Gasteiger partial charge in [0.05, 0.1) is 18.8 Å². The van der Waals surface area contributed by atoms with Crippen molar-refractivity contribution in [1.82, 2.24) is 0 Å². The van der Waals surface area contributed by atoms with Gasteiger partial charge in [0.25, 0.3) is 0 Å². The number of hydrogen-bond donors (Lipinski definition) is 1. The molecule has 8 nitrogen and oxygen atoms in total. The molecule has 0 bridgehead atoms. The van der Waals surface area contributed by atoms with Gasteiger partial charge in [0, 0.05) is 0 Å². The summed E-state index contributed by atoms with van der Waals surface area (Å²) in [4.78, 5) is 24.2. The minimum atomic E-state index is -0.634. The van der Waals surface area contributed by atoms with Crippen molar-refractivity contribution in [2.45, 2.75) is 20.8 Å². The van der Waals surface area contributed by atoms with Gasteiger partial charge in [0.1, 0.15) is 22.0 Å². The molecule has 0 atom stereocenters. The second-order valence-corrected chi connectivity index (χ2v) is 5.02. The molecule has 0 aliphatic heterocycles. The van der Waals surface area contributed by atoms with Gasteiger partial charge >= 0.3 is 11.9 Å². The summed E-state index contributed by atoms with van der Waals surface area (Å²) in [5.41, 5.74) is 2.57. The second kappa shape index (κ2) is 8.51. The Hall–Kier alpha value is -2.91. The Morgan fingerprint density at radius 3 is 2.26 bits per heavy atom. The maximum Gasteiger partial charge on any atom is 0.348 e. The number of hydrazone groups is 1. The zero-order chi connectivity index (χ0) is 17.4. The maximum atomic E-state index is 12.1. The van der Waals surface area contributed by atoms with Crippen LogP contribution in [0.15, 0.2) is 5.10 Å². The smallest absolute Gasteiger partial charge is 0.348 e. The highest BCUT2D eigenvalue weighted by atomic mass is 32.1. The molecule has 120 valence electrons. The summed E-state index contributed by atoms with van der Waals surface area (Å²) in [7, 11) is 0. The molecule has 0 aromatic carbocycles. The molecule has 0 fully saturated rings. The number of carbonyl (C=O) groups excluding carboxylic acids is 2. The summed E-state index contributed by atoms with van der Waals surface area (Å²) in [6.07, 6.45) is 0. The molecule has 0 spiro atoms. The molecule has 1 N–H and O–H groups in total. The predicted molar refractivity (Wildman–Crippen MR) is 83.3 cm³/mol. The maximum absolute atomic E-state index is 12.1. The van der Waals surface area contributed by atoms with Crippen LogP contribution in [0.25, 0.3) is 0 Å². The fraction of sp³-hybridized carbons (Fsp3) is 0.357. The minimum absolute atomic E-state index is 0.124. The van der Waals surface area contributed by atoms with E-state index in [-0.39, 0.29) is 28.7 Å². The first-order valence-electron chi connectivity index (χ1n) is 6.61. The SMILES string of the molecule is CCOC(=O)c1sc(NN=C(C#N)C#N)c(C(=O)OCC)c1C. The van der Waals surface area contributed by atoms with E-state index in [1.165, 1.54) is 0 Å². The molecule has 1 aromatic rings. The van der Waals surface area contributed by atoms with E-state index in [0.29, 0.717) is 5.56 Å². The van der Waals surface area contributed by atoms with Crippen LogP contribution in [0.1, 0.15) is 39.4 Å². The lowest BCUT2D eigenvalue weighted by Crippen LogP contribution is -2.09. The van der Waals surface area contributed by atoms with Crippen LogP contribution in [0.4, 0.5) is 5.00 Å². The molecule has 23 heavy (non-hydrogen) atoms. The van der Waals surface area contributed by atoms with E-state index >= 15 is 0 Å². The summed E-state index contributed by atoms with van der Waals surface area (Å²) in [5.74, 6) is -1.21. The Bertz CT molecular complexity index is 708. The first-order valence-corrected chi connectivity index (χ1v) is 7.43. The zero-order valence-corrected chi connectivity index (χ0v) is 13.6. The normalized spacial score (nSPS) is 9.26. The van der Waals surface area contributed by atoms with Gasteiger partial charge in [-0.3, -0.25) is 5.43 Å². The Kier molecular flexibility index (Phi) is 6.71. The predicted octanol–water partition coefficient (Wildman–Crippen LogP) is 2.22. The number of anilines is 1. The highest BCUT2D eigenvalue weighted by molar-refractivity contribution is 7.18. The lowest BCUT2D eigenvalue weighted by molar-refractivity contribution is 0.0527. The lowest BCUT2D eigenvalue weighted by Gasteiger charge is -2.04. The minimum Gasteiger partial charge on any atom is -0.462 e. The monoisotopic (exact) mass is 334 g/mol. The van der Waals surface area contributed by atoms with Crippen molar-refractivity contribution in [3.8, 4) is 12.1 Å². The van der Waals surface area contributed by atoms with E-state index < -0.39 is 17.7 Å². The molecular weight excluding hydrogens is 320 g/mol. The third-order valence-electron chi connectivity index (χ3n) is 2.57. The van der Waals surface area contributed by atoms with Crippen LogP contribution in [0.2, 0.25) is 0 Å². The molecule has 0 aliphatic rings. The van der Waals surface area contributed by atoms with Gasteiger partial charge in [-0.1, -0.05) is 0 Å². The van der Waals surface area contributed by atoms with Gasteiger partial charge in [-0.2, -0.15) is 15.6 Å². The van der Waals surface area contributed by atoms with E-state index in [9.17, 15) is 9.59 Å². The van der Waals surface area contributed by atoms with Crippen LogP contribution in [-0.4, -0.2) is 30.9 Å². The number of esters is 2. The first-order chi connectivity index (χ1) is 11.0. The zero-order valence-electron chi connectivity index (χ0n) is 12.8. The Labute approximate surface area is 136 Å². The molecule has 0 radical (unpaired) electrons. The summed E-state index contributed by atoms with van der Waals surface area (Å²) in [6.45, 7) is 5.26. The van der Waals surface area contributed by atoms with E-state index in [1.54, 1.807) is 32.9 Å². The molecular formula is C14H14N4O4S. The average Bonchev–Trinajstić information content (AvgIpc) is 2.85. The number of nitriles is 2. The first kappa shape index (κ1) is 18.1. The highest BCUT2D eigenvalue weighted by Gasteiger charge is 2.26. The molecule has 0 saturated heterocycles. The Balaban J connectivity index is 3.32. The lowest BCUT2D eigenvalue weighted by atomic mass is 10.1. The molecule has 0 aliphatic carbocycles. The Morgan fingerprint density at radius 2 is 1.74 bits per heavy atom. The van der Waals surface area contributed by atoms with Crippen LogP contribution in [0.3, 0.4) is 0 Å². The van der Waals surface area contributed by atoms with E-state index in [4.69, 9.17) is 20.0 Å². The summed E-state index contributed by atoms with van der Waals surface area (Å²) >= 11 is 0.939. The molecule has 0 saturated carbocycles. The Morgan fingerprint density at radius 1 is 1.17 bits per heavy atom. The quantitative estimate of drug-likeness (QED) is 0.480. The molecule has 1 heterocycles. The fourth-order valence-electron chi connectivity index (χ4n) is 1.61. The van der Waals surface area contributed by atoms with Gasteiger partial charge in [-0.05, 0) is 26.3 Å². The number of rotatable bonds is 6. The largest absolute Gasteiger partial charge is 0.462 e. The van der Waals surface area contributed by atoms with Gasteiger partial charge in [0.2, 0.25) is 5.71 Å². The van der Waals surface area contributed by atoms with Crippen molar-refractivity contribution >= 4 is 34.0 Å². The molecule has 0 amide bonds. The van der Waals surface area contributed by atoms with Crippen molar-refractivity contribution in [2.75, 3.05) is 18.6 Å². The number of hydrogen-bond acceptors (Lipinski definition) is 9. The van der Waals surface area contributed by atoms with Crippen LogP contribution in [0, 0.1) is 29.6 Å². The number of thiophene rings is 1. The van der Waals surface area contributed by atoms with E-state index in [0.717, 1.165) is 11.3 Å².